The molecule has 47 heavy (non-hydrogen) atoms. The molecule has 18 heteroatoms. The number of methoxy groups -OCH3 is 1. The number of benzene rings is 1. The van der Waals surface area contributed by atoms with Crippen molar-refractivity contribution in [1.82, 2.24) is 19.8 Å². The number of amides is 1. The standard InChI is InChI=1S/C25H30N4O3S.2C2HF3O2/c1-18-6-7-21(33-18)16-28-11-8-25(9-12-28)24-26-10-13-29(24)17-22(32-25)23(30)27-15-19-4-3-5-20(14-19)31-2;2*3-2(4,5)1(6)7/h3-7,10,13-14,22H,8-9,11-12,15-17H2,1-2H3,(H,27,30);2*(H,6,7). The molecule has 5 rings (SSSR count). The van der Waals surface area contributed by atoms with Crippen LogP contribution in [0.15, 0.2) is 48.8 Å². The SMILES string of the molecule is COc1cccc(CNC(=O)C2Cn3ccnc3C3(CCN(Cc4ccc(C)s4)CC3)O2)c1.O=C(O)C(F)(F)F.O=C(O)C(F)(F)F. The third-order valence-electron chi connectivity index (χ3n) is 7.07. The molecule has 3 N–H and O–H groups in total. The topological polar surface area (TPSA) is 143 Å². The summed E-state index contributed by atoms with van der Waals surface area (Å²) >= 11 is 1.86. The zero-order valence-electron chi connectivity index (χ0n) is 25.1. The smallest absolute Gasteiger partial charge is 0.490 e. The molecule has 1 atom stereocenters. The number of aryl methyl sites for hydroxylation is 1. The Morgan fingerprint density at radius 3 is 2.21 bits per heavy atom. The highest BCUT2D eigenvalue weighted by molar-refractivity contribution is 7.11. The molecule has 1 spiro atoms. The fourth-order valence-electron chi connectivity index (χ4n) is 4.82. The van der Waals surface area contributed by atoms with Gasteiger partial charge in [0.2, 0.25) is 0 Å². The van der Waals surface area contributed by atoms with Crippen molar-refractivity contribution < 1.29 is 60.4 Å². The van der Waals surface area contributed by atoms with Crippen LogP contribution in [0.25, 0.3) is 0 Å². The molecule has 4 heterocycles. The maximum Gasteiger partial charge on any atom is 0.490 e. The normalized spacial score (nSPS) is 17.3. The zero-order valence-corrected chi connectivity index (χ0v) is 25.9. The number of carboxylic acids is 2. The Kier molecular flexibility index (Phi) is 12.4. The van der Waals surface area contributed by atoms with Crippen molar-refractivity contribution in [3.63, 3.8) is 0 Å². The highest BCUT2D eigenvalue weighted by Crippen LogP contribution is 2.40. The van der Waals surface area contributed by atoms with Gasteiger partial charge in [-0.3, -0.25) is 9.69 Å². The monoisotopic (exact) mass is 694 g/mol. The predicted molar refractivity (Wildman–Crippen MR) is 155 cm³/mol. The molecule has 2 aliphatic rings. The Labute approximate surface area is 268 Å². The van der Waals surface area contributed by atoms with Gasteiger partial charge in [0, 0.05) is 48.3 Å². The first-order valence-electron chi connectivity index (χ1n) is 13.9. The van der Waals surface area contributed by atoms with Gasteiger partial charge in [0.25, 0.3) is 5.91 Å². The zero-order chi connectivity index (χ0) is 35.0. The lowest BCUT2D eigenvalue weighted by atomic mass is 9.88. The molecule has 11 nitrogen and oxygen atoms in total. The number of likely N-dealkylation sites (tertiary alicyclic amines) is 1. The number of halogens is 6. The number of fused-ring (bicyclic) bond motifs is 2. The van der Waals surface area contributed by atoms with Gasteiger partial charge in [-0.15, -0.1) is 11.3 Å². The molecule has 0 bridgehead atoms. The number of carbonyl (C=O) groups excluding carboxylic acids is 1. The first kappa shape index (κ1) is 37.3. The number of aromatic nitrogens is 2. The fraction of sp³-hybridized carbons (Fsp3) is 0.448. The van der Waals surface area contributed by atoms with E-state index < -0.39 is 36.0 Å². The van der Waals surface area contributed by atoms with Crippen LogP contribution in [0.2, 0.25) is 0 Å². The number of hydrogen-bond acceptors (Lipinski definition) is 8. The van der Waals surface area contributed by atoms with E-state index in [2.05, 4.69) is 38.8 Å². The Morgan fingerprint density at radius 1 is 1.06 bits per heavy atom. The highest BCUT2D eigenvalue weighted by Gasteiger charge is 2.47. The molecular formula is C29H32F6N4O7S. The second kappa shape index (κ2) is 15.6. The lowest BCUT2D eigenvalue weighted by Crippen LogP contribution is -2.53. The van der Waals surface area contributed by atoms with E-state index in [1.807, 2.05) is 48.0 Å². The van der Waals surface area contributed by atoms with Crippen LogP contribution in [-0.4, -0.2) is 81.2 Å². The number of alkyl halides is 6. The molecule has 2 aromatic heterocycles. The minimum absolute atomic E-state index is 0.0898. The number of carboxylic acid groups (broad SMARTS) is 2. The van der Waals surface area contributed by atoms with Gasteiger partial charge in [-0.25, -0.2) is 14.6 Å². The summed E-state index contributed by atoms with van der Waals surface area (Å²) in [6.07, 6.45) is -5.27. The average molecular weight is 695 g/mol. The van der Waals surface area contributed by atoms with Gasteiger partial charge in [-0.1, -0.05) is 12.1 Å². The number of nitrogens with one attached hydrogen (secondary N) is 1. The summed E-state index contributed by atoms with van der Waals surface area (Å²) < 4.78 is 77.4. The average Bonchev–Trinajstić information content (AvgIpc) is 3.66. The van der Waals surface area contributed by atoms with Gasteiger partial charge < -0.3 is 29.6 Å². The summed E-state index contributed by atoms with van der Waals surface area (Å²) in [5.74, 6) is -3.87. The van der Waals surface area contributed by atoms with E-state index in [0.717, 1.165) is 49.6 Å². The number of carbonyl (C=O) groups is 3. The number of rotatable bonds is 6. The quantitative estimate of drug-likeness (QED) is 0.312. The summed E-state index contributed by atoms with van der Waals surface area (Å²) in [6.45, 7) is 5.87. The minimum atomic E-state index is -5.08. The van der Waals surface area contributed by atoms with Gasteiger partial charge in [-0.05, 0) is 49.6 Å². The number of hydrogen-bond donors (Lipinski definition) is 3. The molecule has 258 valence electrons. The van der Waals surface area contributed by atoms with Crippen molar-refractivity contribution in [2.75, 3.05) is 20.2 Å². The third-order valence-corrected chi connectivity index (χ3v) is 8.06. The Morgan fingerprint density at radius 2 is 1.68 bits per heavy atom. The van der Waals surface area contributed by atoms with E-state index in [9.17, 15) is 31.1 Å². The van der Waals surface area contributed by atoms with Gasteiger partial charge in [0.1, 0.15) is 17.2 Å². The van der Waals surface area contributed by atoms with Crippen LogP contribution in [0.4, 0.5) is 26.3 Å². The number of thiophene rings is 1. The van der Waals surface area contributed by atoms with E-state index in [0.29, 0.717) is 13.1 Å². The lowest BCUT2D eigenvalue weighted by molar-refractivity contribution is -0.193. The largest absolute Gasteiger partial charge is 0.497 e. The van der Waals surface area contributed by atoms with Crippen molar-refractivity contribution in [2.45, 2.75) is 63.5 Å². The minimum Gasteiger partial charge on any atom is -0.497 e. The lowest BCUT2D eigenvalue weighted by Gasteiger charge is -2.45. The first-order valence-corrected chi connectivity index (χ1v) is 14.7. The molecule has 0 radical (unpaired) electrons. The van der Waals surface area contributed by atoms with Crippen molar-refractivity contribution >= 4 is 29.2 Å². The van der Waals surface area contributed by atoms with Crippen LogP contribution >= 0.6 is 11.3 Å². The molecular weight excluding hydrogens is 662 g/mol. The summed E-state index contributed by atoms with van der Waals surface area (Å²) in [5, 5.41) is 17.3. The Balaban J connectivity index is 0.000000360. The van der Waals surface area contributed by atoms with Crippen molar-refractivity contribution in [1.29, 1.82) is 0 Å². The van der Waals surface area contributed by atoms with Crippen LogP contribution in [-0.2, 0) is 44.4 Å². The summed E-state index contributed by atoms with van der Waals surface area (Å²) in [6, 6.07) is 12.1. The van der Waals surface area contributed by atoms with Crippen molar-refractivity contribution in [2.24, 2.45) is 0 Å². The molecule has 1 aromatic carbocycles. The number of imidazole rings is 1. The molecule has 1 amide bonds. The van der Waals surface area contributed by atoms with Crippen molar-refractivity contribution in [3.8, 4) is 5.75 Å². The van der Waals surface area contributed by atoms with Crippen molar-refractivity contribution in [3.05, 3.63) is 69.9 Å². The summed E-state index contributed by atoms with van der Waals surface area (Å²) in [5.41, 5.74) is 0.482. The van der Waals surface area contributed by atoms with Gasteiger partial charge in [0.15, 0.2) is 6.10 Å². The second-order valence-corrected chi connectivity index (χ2v) is 11.8. The number of ether oxygens (including phenoxy) is 2. The Hall–Kier alpha value is -4.16. The van der Waals surface area contributed by atoms with E-state index in [4.69, 9.17) is 29.3 Å². The fourth-order valence-corrected chi connectivity index (χ4v) is 5.76. The number of nitrogens with zero attached hydrogens (tertiary/aromatic N) is 3. The van der Waals surface area contributed by atoms with E-state index in [-0.39, 0.29) is 5.91 Å². The first-order chi connectivity index (χ1) is 21.9. The van der Waals surface area contributed by atoms with E-state index >= 15 is 0 Å². The van der Waals surface area contributed by atoms with Crippen LogP contribution in [0.1, 0.15) is 34.0 Å². The predicted octanol–water partition coefficient (Wildman–Crippen LogP) is 4.73. The third kappa shape index (κ3) is 10.7. The summed E-state index contributed by atoms with van der Waals surface area (Å²) in [4.78, 5) is 40.7. The molecule has 2 aliphatic heterocycles. The molecule has 1 saturated heterocycles. The van der Waals surface area contributed by atoms with E-state index in [1.165, 1.54) is 9.75 Å². The molecule has 0 aliphatic carbocycles. The second-order valence-electron chi connectivity index (χ2n) is 10.5. The van der Waals surface area contributed by atoms with Gasteiger partial charge in [-0.2, -0.15) is 26.3 Å². The molecule has 3 aromatic rings. The van der Waals surface area contributed by atoms with E-state index in [1.54, 1.807) is 7.11 Å². The molecule has 1 unspecified atom stereocenters. The number of piperidine rings is 1. The molecule has 0 saturated carbocycles. The van der Waals surface area contributed by atoms with Crippen LogP contribution < -0.4 is 10.1 Å². The van der Waals surface area contributed by atoms with Crippen LogP contribution in [0.5, 0.6) is 5.75 Å². The molecule has 1 fully saturated rings. The number of aliphatic carboxylic acids is 2. The maximum absolute atomic E-state index is 13.1. The van der Waals surface area contributed by atoms with Gasteiger partial charge in [0.05, 0.1) is 13.7 Å². The van der Waals surface area contributed by atoms with Crippen LogP contribution in [0.3, 0.4) is 0 Å². The highest BCUT2D eigenvalue weighted by atomic mass is 32.1. The maximum atomic E-state index is 13.1. The van der Waals surface area contributed by atoms with Crippen LogP contribution in [0, 0.1) is 6.92 Å². The van der Waals surface area contributed by atoms with Gasteiger partial charge >= 0.3 is 24.3 Å². The summed E-state index contributed by atoms with van der Waals surface area (Å²) in [7, 11) is 1.64. The Bertz CT molecular complexity index is 1490.